The van der Waals surface area contributed by atoms with Gasteiger partial charge >= 0.3 is 0 Å². The van der Waals surface area contributed by atoms with E-state index < -0.39 is 0 Å². The average molecular weight is 185 g/mol. The van der Waals surface area contributed by atoms with Crippen molar-refractivity contribution in [3.8, 4) is 6.07 Å². The maximum Gasteiger partial charge on any atom is 0.163 e. The highest BCUT2D eigenvalue weighted by molar-refractivity contribution is 5.96. The predicted octanol–water partition coefficient (Wildman–Crippen LogP) is 2.82. The lowest BCUT2D eigenvalue weighted by atomic mass is 10.1. The van der Waals surface area contributed by atoms with Crippen molar-refractivity contribution in [2.75, 3.05) is 0 Å². The minimum Gasteiger partial charge on any atom is -0.294 e. The standard InChI is InChI=1S/C12H11NO/c1-2-10-5-7-11(8-6-10)12(14)4-3-9-13/h2,5-8H,1,3-4H2. The molecular formula is C12H11NO. The number of ketones is 1. The van der Waals surface area contributed by atoms with Gasteiger partial charge in [0.2, 0.25) is 0 Å². The third-order valence-electron chi connectivity index (χ3n) is 1.93. The molecule has 0 amide bonds. The fourth-order valence-corrected chi connectivity index (χ4v) is 1.12. The Bertz CT molecular complexity index is 370. The number of hydrogen-bond donors (Lipinski definition) is 0. The molecule has 2 heteroatoms. The van der Waals surface area contributed by atoms with E-state index in [1.54, 1.807) is 18.2 Å². The van der Waals surface area contributed by atoms with Crippen molar-refractivity contribution >= 4 is 11.9 Å². The monoisotopic (exact) mass is 185 g/mol. The summed E-state index contributed by atoms with van der Waals surface area (Å²) >= 11 is 0. The van der Waals surface area contributed by atoms with Crippen LogP contribution in [0.1, 0.15) is 28.8 Å². The highest BCUT2D eigenvalue weighted by atomic mass is 16.1. The van der Waals surface area contributed by atoms with Gasteiger partial charge in [-0.2, -0.15) is 5.26 Å². The lowest BCUT2D eigenvalue weighted by Crippen LogP contribution is -1.97. The van der Waals surface area contributed by atoms with Gasteiger partial charge in [-0.15, -0.1) is 0 Å². The van der Waals surface area contributed by atoms with Crippen molar-refractivity contribution in [2.45, 2.75) is 12.8 Å². The molecular weight excluding hydrogens is 174 g/mol. The Morgan fingerprint density at radius 3 is 2.57 bits per heavy atom. The summed E-state index contributed by atoms with van der Waals surface area (Å²) < 4.78 is 0. The first-order chi connectivity index (χ1) is 6.77. The number of carbonyl (C=O) groups is 1. The molecule has 0 aliphatic carbocycles. The van der Waals surface area contributed by atoms with E-state index in [2.05, 4.69) is 6.58 Å². The second kappa shape index (κ2) is 4.98. The van der Waals surface area contributed by atoms with Gasteiger partial charge in [-0.1, -0.05) is 36.9 Å². The first-order valence-corrected chi connectivity index (χ1v) is 4.40. The minimum atomic E-state index is 0.0159. The molecule has 0 unspecified atom stereocenters. The zero-order valence-electron chi connectivity index (χ0n) is 7.86. The van der Waals surface area contributed by atoms with Crippen LogP contribution in [0.4, 0.5) is 0 Å². The summed E-state index contributed by atoms with van der Waals surface area (Å²) in [6.45, 7) is 3.63. The Kier molecular flexibility index (Phi) is 3.63. The van der Waals surface area contributed by atoms with Gasteiger partial charge in [0, 0.05) is 18.4 Å². The third-order valence-corrected chi connectivity index (χ3v) is 1.93. The van der Waals surface area contributed by atoms with Gasteiger partial charge in [0.25, 0.3) is 0 Å². The van der Waals surface area contributed by atoms with Crippen LogP contribution in [0.15, 0.2) is 30.8 Å². The first-order valence-electron chi connectivity index (χ1n) is 4.40. The van der Waals surface area contributed by atoms with Gasteiger partial charge in [-0.05, 0) is 5.56 Å². The summed E-state index contributed by atoms with van der Waals surface area (Å²) in [6.07, 6.45) is 2.30. The van der Waals surface area contributed by atoms with E-state index in [9.17, 15) is 4.79 Å². The van der Waals surface area contributed by atoms with E-state index in [4.69, 9.17) is 5.26 Å². The molecule has 1 aromatic rings. The molecule has 70 valence electrons. The number of carbonyl (C=O) groups excluding carboxylic acids is 1. The van der Waals surface area contributed by atoms with E-state index in [0.29, 0.717) is 12.0 Å². The largest absolute Gasteiger partial charge is 0.294 e. The molecule has 0 saturated heterocycles. The molecule has 0 atom stereocenters. The molecule has 14 heavy (non-hydrogen) atoms. The first kappa shape index (κ1) is 10.2. The summed E-state index contributed by atoms with van der Waals surface area (Å²) in [7, 11) is 0. The van der Waals surface area contributed by atoms with Crippen LogP contribution in [0.5, 0.6) is 0 Å². The van der Waals surface area contributed by atoms with Crippen molar-refractivity contribution in [2.24, 2.45) is 0 Å². The van der Waals surface area contributed by atoms with Crippen molar-refractivity contribution in [3.05, 3.63) is 42.0 Å². The highest BCUT2D eigenvalue weighted by Gasteiger charge is 2.03. The summed E-state index contributed by atoms with van der Waals surface area (Å²) in [4.78, 5) is 11.4. The van der Waals surface area contributed by atoms with Crippen LogP contribution in [0.3, 0.4) is 0 Å². The lowest BCUT2D eigenvalue weighted by molar-refractivity contribution is 0.0984. The van der Waals surface area contributed by atoms with E-state index in [-0.39, 0.29) is 12.2 Å². The van der Waals surface area contributed by atoms with Crippen LogP contribution >= 0.6 is 0 Å². The highest BCUT2D eigenvalue weighted by Crippen LogP contribution is 2.08. The molecule has 0 saturated carbocycles. The Morgan fingerprint density at radius 2 is 2.07 bits per heavy atom. The van der Waals surface area contributed by atoms with Gasteiger partial charge in [0.15, 0.2) is 5.78 Å². The number of nitrogens with zero attached hydrogens (tertiary/aromatic N) is 1. The van der Waals surface area contributed by atoms with Crippen molar-refractivity contribution in [1.29, 1.82) is 5.26 Å². The fraction of sp³-hybridized carbons (Fsp3) is 0.167. The summed E-state index contributed by atoms with van der Waals surface area (Å²) in [6, 6.07) is 9.15. The van der Waals surface area contributed by atoms with Crippen LogP contribution in [-0.2, 0) is 0 Å². The number of hydrogen-bond acceptors (Lipinski definition) is 2. The van der Waals surface area contributed by atoms with Crippen molar-refractivity contribution < 1.29 is 4.79 Å². The quantitative estimate of drug-likeness (QED) is 0.677. The zero-order valence-corrected chi connectivity index (χ0v) is 7.86. The van der Waals surface area contributed by atoms with E-state index in [1.807, 2.05) is 18.2 Å². The molecule has 0 heterocycles. The Hall–Kier alpha value is -1.88. The number of rotatable bonds is 4. The number of nitriles is 1. The number of Topliss-reactive ketones (excluding diaryl/α,β-unsaturated/α-hetero) is 1. The predicted molar refractivity (Wildman–Crippen MR) is 55.7 cm³/mol. The smallest absolute Gasteiger partial charge is 0.163 e. The van der Waals surface area contributed by atoms with Gasteiger partial charge in [-0.3, -0.25) is 4.79 Å². The van der Waals surface area contributed by atoms with Gasteiger partial charge in [0.05, 0.1) is 6.07 Å². The number of benzene rings is 1. The Morgan fingerprint density at radius 1 is 1.43 bits per heavy atom. The van der Waals surface area contributed by atoms with Crippen molar-refractivity contribution in [3.63, 3.8) is 0 Å². The lowest BCUT2D eigenvalue weighted by Gasteiger charge is -1.98. The second-order valence-electron chi connectivity index (χ2n) is 2.91. The van der Waals surface area contributed by atoms with Crippen LogP contribution < -0.4 is 0 Å². The molecule has 0 aliphatic heterocycles. The van der Waals surface area contributed by atoms with Crippen LogP contribution in [-0.4, -0.2) is 5.78 Å². The molecule has 0 fully saturated rings. The van der Waals surface area contributed by atoms with Crippen LogP contribution in [0.2, 0.25) is 0 Å². The van der Waals surface area contributed by atoms with Gasteiger partial charge in [-0.25, -0.2) is 0 Å². The molecule has 2 nitrogen and oxygen atoms in total. The summed E-state index contributed by atoms with van der Waals surface area (Å²) in [5.74, 6) is 0.0159. The molecule has 0 bridgehead atoms. The Balaban J connectivity index is 2.72. The summed E-state index contributed by atoms with van der Waals surface area (Å²) in [5, 5.41) is 8.33. The molecule has 0 aromatic heterocycles. The summed E-state index contributed by atoms with van der Waals surface area (Å²) in [5.41, 5.74) is 1.65. The SMILES string of the molecule is C=Cc1ccc(C(=O)CCC#N)cc1. The third kappa shape index (κ3) is 2.56. The zero-order chi connectivity index (χ0) is 10.4. The molecule has 1 rings (SSSR count). The molecule has 0 N–H and O–H groups in total. The Labute approximate surface area is 83.5 Å². The average Bonchev–Trinajstić information content (AvgIpc) is 2.26. The fourth-order valence-electron chi connectivity index (χ4n) is 1.12. The van der Waals surface area contributed by atoms with E-state index in [0.717, 1.165) is 5.56 Å². The normalized spacial score (nSPS) is 9.07. The topological polar surface area (TPSA) is 40.9 Å². The van der Waals surface area contributed by atoms with Crippen molar-refractivity contribution in [1.82, 2.24) is 0 Å². The van der Waals surface area contributed by atoms with Gasteiger partial charge in [0.1, 0.15) is 0 Å². The second-order valence-corrected chi connectivity index (χ2v) is 2.91. The van der Waals surface area contributed by atoms with Gasteiger partial charge < -0.3 is 0 Å². The molecule has 0 aliphatic rings. The molecule has 1 aromatic carbocycles. The molecule has 0 spiro atoms. The van der Waals surface area contributed by atoms with Crippen LogP contribution in [0, 0.1) is 11.3 Å². The van der Waals surface area contributed by atoms with Crippen LogP contribution in [0.25, 0.3) is 6.08 Å². The van der Waals surface area contributed by atoms with E-state index in [1.165, 1.54) is 0 Å². The minimum absolute atomic E-state index is 0.0159. The maximum atomic E-state index is 11.4. The molecule has 0 radical (unpaired) electrons. The maximum absolute atomic E-state index is 11.4. The van der Waals surface area contributed by atoms with E-state index >= 15 is 0 Å².